The number of nitrogens with one attached hydrogen (secondary N) is 1. The van der Waals surface area contributed by atoms with Crippen LogP contribution < -0.4 is 9.64 Å². The fourth-order valence-corrected chi connectivity index (χ4v) is 6.63. The minimum atomic E-state index is -0.563. The zero-order valence-electron chi connectivity index (χ0n) is 25.7. The molecule has 0 saturated carbocycles. The number of ether oxygens (including phenoxy) is 2. The van der Waals surface area contributed by atoms with Crippen molar-refractivity contribution in [3.8, 4) is 17.1 Å². The van der Waals surface area contributed by atoms with Crippen LogP contribution in [0.3, 0.4) is 0 Å². The minimum Gasteiger partial charge on any atom is -0.461 e. The molecule has 2 aromatic carbocycles. The maximum atomic E-state index is 16.9. The van der Waals surface area contributed by atoms with Crippen LogP contribution >= 0.6 is 11.6 Å². The van der Waals surface area contributed by atoms with Crippen LogP contribution in [0.1, 0.15) is 25.1 Å². The number of nitrogens with zero attached hydrogens (tertiary/aromatic N) is 6. The Morgan fingerprint density at radius 1 is 1.20 bits per heavy atom. The molecule has 2 aliphatic rings. The molecule has 10 nitrogen and oxygen atoms in total. The normalized spacial score (nSPS) is 21.3. The van der Waals surface area contributed by atoms with Gasteiger partial charge in [-0.2, -0.15) is 15.1 Å². The summed E-state index contributed by atoms with van der Waals surface area (Å²) in [5.41, 5.74) is 3.41. The SMILES string of the molecule is C=CC(=O)N1C[C@H](C)N(c2nc(OC[C@H]3CN(C)CCO3)nc3c(F)c(-c4c(C)ccc5n[nH]c(C)c45)c(Cl)cc23)C[C@H]1C. The highest BCUT2D eigenvalue weighted by Crippen LogP contribution is 2.43. The van der Waals surface area contributed by atoms with Crippen LogP contribution in [0.15, 0.2) is 30.9 Å². The molecular formula is C32H37ClFN7O3. The average molecular weight is 622 g/mol. The van der Waals surface area contributed by atoms with E-state index >= 15 is 4.39 Å². The van der Waals surface area contributed by atoms with E-state index in [4.69, 9.17) is 26.1 Å². The van der Waals surface area contributed by atoms with Crippen LogP contribution in [0, 0.1) is 19.7 Å². The third kappa shape index (κ3) is 5.37. The standard InChI is InChI=1S/C32H37ClFN7O3/c1-7-25(42)40-13-19(4)41(14-18(40)3)31-22-12-23(33)28(26-17(2)8-9-24-27(26)20(5)37-38-24)29(34)30(22)35-32(36-31)44-16-21-15-39(6)10-11-43-21/h7-9,12,18-19,21H,1,10-11,13-16H2,2-6H3,(H,37,38)/t18-,19+,21-/m1/s1. The molecule has 4 aromatic rings. The van der Waals surface area contributed by atoms with Gasteiger partial charge in [-0.15, -0.1) is 0 Å². The number of rotatable bonds is 6. The largest absolute Gasteiger partial charge is 0.461 e. The molecule has 1 N–H and O–H groups in total. The van der Waals surface area contributed by atoms with Gasteiger partial charge in [-0.3, -0.25) is 9.89 Å². The van der Waals surface area contributed by atoms with Crippen LogP contribution in [0.4, 0.5) is 10.2 Å². The second-order valence-electron chi connectivity index (χ2n) is 11.9. The number of H-pyrrole nitrogens is 1. The van der Waals surface area contributed by atoms with E-state index < -0.39 is 5.82 Å². The molecule has 4 heterocycles. The van der Waals surface area contributed by atoms with Gasteiger partial charge in [0.1, 0.15) is 24.0 Å². The van der Waals surface area contributed by atoms with Crippen molar-refractivity contribution >= 4 is 45.1 Å². The number of carbonyl (C=O) groups is 1. The van der Waals surface area contributed by atoms with Gasteiger partial charge in [0.05, 0.1) is 17.1 Å². The van der Waals surface area contributed by atoms with Crippen molar-refractivity contribution in [2.24, 2.45) is 0 Å². The van der Waals surface area contributed by atoms with E-state index in [0.717, 1.165) is 28.7 Å². The van der Waals surface area contributed by atoms with Gasteiger partial charge in [0, 0.05) is 65.9 Å². The van der Waals surface area contributed by atoms with Crippen molar-refractivity contribution in [1.29, 1.82) is 0 Å². The topological polar surface area (TPSA) is 99.7 Å². The summed E-state index contributed by atoms with van der Waals surface area (Å²) < 4.78 is 28.9. The van der Waals surface area contributed by atoms with Gasteiger partial charge in [0.2, 0.25) is 5.91 Å². The van der Waals surface area contributed by atoms with Crippen LogP contribution in [0.2, 0.25) is 5.02 Å². The number of likely N-dealkylation sites (N-methyl/N-ethyl adjacent to an activating group) is 1. The highest BCUT2D eigenvalue weighted by molar-refractivity contribution is 6.35. The molecule has 0 bridgehead atoms. The predicted octanol–water partition coefficient (Wildman–Crippen LogP) is 4.90. The lowest BCUT2D eigenvalue weighted by molar-refractivity contribution is -0.128. The van der Waals surface area contributed by atoms with Gasteiger partial charge in [-0.1, -0.05) is 24.2 Å². The number of fused-ring (bicyclic) bond motifs is 2. The third-order valence-corrected chi connectivity index (χ3v) is 8.96. The lowest BCUT2D eigenvalue weighted by Crippen LogP contribution is -2.58. The van der Waals surface area contributed by atoms with Crippen molar-refractivity contribution in [2.45, 2.75) is 45.9 Å². The summed E-state index contributed by atoms with van der Waals surface area (Å²) in [4.78, 5) is 28.0. The second kappa shape index (κ2) is 11.9. The molecule has 2 aliphatic heterocycles. The highest BCUT2D eigenvalue weighted by atomic mass is 35.5. The first-order valence-corrected chi connectivity index (χ1v) is 15.2. The van der Waals surface area contributed by atoms with Gasteiger partial charge in [0.25, 0.3) is 0 Å². The fraction of sp³-hybridized carbons (Fsp3) is 0.438. The lowest BCUT2D eigenvalue weighted by Gasteiger charge is -2.44. The van der Waals surface area contributed by atoms with Gasteiger partial charge < -0.3 is 24.2 Å². The highest BCUT2D eigenvalue weighted by Gasteiger charge is 2.34. The number of aryl methyl sites for hydroxylation is 2. The number of morpholine rings is 1. The fourth-order valence-electron chi connectivity index (χ4n) is 6.34. The maximum absolute atomic E-state index is 16.9. The number of piperazine rings is 1. The summed E-state index contributed by atoms with van der Waals surface area (Å²) in [6, 6.07) is 5.33. The van der Waals surface area contributed by atoms with Crippen molar-refractivity contribution in [1.82, 2.24) is 30.0 Å². The van der Waals surface area contributed by atoms with Crippen molar-refractivity contribution < 1.29 is 18.7 Å². The number of amides is 1. The summed E-state index contributed by atoms with van der Waals surface area (Å²) >= 11 is 6.95. The second-order valence-corrected chi connectivity index (χ2v) is 12.3. The Balaban J connectivity index is 1.50. The molecular weight excluding hydrogens is 585 g/mol. The number of aromatic amines is 1. The van der Waals surface area contributed by atoms with E-state index in [9.17, 15) is 4.79 Å². The number of hydrogen-bond donors (Lipinski definition) is 1. The van der Waals surface area contributed by atoms with E-state index in [1.54, 1.807) is 11.0 Å². The molecule has 0 spiro atoms. The summed E-state index contributed by atoms with van der Waals surface area (Å²) in [5.74, 6) is -0.193. The minimum absolute atomic E-state index is 0.0513. The molecule has 2 aromatic heterocycles. The van der Waals surface area contributed by atoms with Crippen molar-refractivity contribution in [3.63, 3.8) is 0 Å². The number of anilines is 1. The molecule has 0 aliphatic carbocycles. The zero-order valence-corrected chi connectivity index (χ0v) is 26.4. The van der Waals surface area contributed by atoms with Crippen LogP contribution in [-0.2, 0) is 9.53 Å². The Labute approximate surface area is 260 Å². The van der Waals surface area contributed by atoms with Gasteiger partial charge in [0.15, 0.2) is 5.82 Å². The lowest BCUT2D eigenvalue weighted by atomic mass is 9.94. The molecule has 232 valence electrons. The Morgan fingerprint density at radius 3 is 2.75 bits per heavy atom. The van der Waals surface area contributed by atoms with Crippen molar-refractivity contribution in [3.05, 3.63) is 53.0 Å². The van der Waals surface area contributed by atoms with Crippen LogP contribution in [-0.4, -0.2) is 101 Å². The summed E-state index contributed by atoms with van der Waals surface area (Å²) in [6.07, 6.45) is 1.16. The predicted molar refractivity (Wildman–Crippen MR) is 170 cm³/mol. The van der Waals surface area contributed by atoms with E-state index in [2.05, 4.69) is 31.6 Å². The molecule has 1 amide bonds. The van der Waals surface area contributed by atoms with Crippen LogP contribution in [0.25, 0.3) is 32.9 Å². The maximum Gasteiger partial charge on any atom is 0.319 e. The smallest absolute Gasteiger partial charge is 0.319 e. The molecule has 3 atom stereocenters. The molecule has 2 saturated heterocycles. The Bertz CT molecular complexity index is 1760. The van der Waals surface area contributed by atoms with Crippen LogP contribution in [0.5, 0.6) is 6.01 Å². The first kappa shape index (κ1) is 30.2. The molecule has 6 rings (SSSR count). The molecule has 44 heavy (non-hydrogen) atoms. The van der Waals surface area contributed by atoms with Gasteiger partial charge in [-0.25, -0.2) is 4.39 Å². The van der Waals surface area contributed by atoms with E-state index in [0.29, 0.717) is 43.0 Å². The summed E-state index contributed by atoms with van der Waals surface area (Å²) in [6.45, 7) is 14.8. The van der Waals surface area contributed by atoms with Gasteiger partial charge >= 0.3 is 6.01 Å². The molecule has 2 fully saturated rings. The third-order valence-electron chi connectivity index (χ3n) is 8.66. The number of carbonyl (C=O) groups excluding carboxylic acids is 1. The average Bonchev–Trinajstić information content (AvgIpc) is 3.38. The van der Waals surface area contributed by atoms with Crippen molar-refractivity contribution in [2.75, 3.05) is 51.3 Å². The number of halogens is 2. The number of hydrogen-bond acceptors (Lipinski definition) is 8. The van der Waals surface area contributed by atoms with E-state index in [1.165, 1.54) is 6.08 Å². The number of benzene rings is 2. The Morgan fingerprint density at radius 2 is 2.00 bits per heavy atom. The van der Waals surface area contributed by atoms with Gasteiger partial charge in [-0.05, 0) is 58.5 Å². The monoisotopic (exact) mass is 621 g/mol. The van der Waals surface area contributed by atoms with E-state index in [-0.39, 0.29) is 52.8 Å². The first-order valence-electron chi connectivity index (χ1n) is 14.8. The Hall–Kier alpha value is -3.80. The summed E-state index contributed by atoms with van der Waals surface area (Å²) in [5, 5.41) is 8.90. The molecule has 0 unspecified atom stereocenters. The summed E-state index contributed by atoms with van der Waals surface area (Å²) in [7, 11) is 2.03. The first-order chi connectivity index (χ1) is 21.1. The zero-order chi connectivity index (χ0) is 31.3. The van der Waals surface area contributed by atoms with E-state index in [1.807, 2.05) is 46.9 Å². The molecule has 0 radical (unpaired) electrons. The molecule has 12 heteroatoms. The quantitative estimate of drug-likeness (QED) is 0.304. The number of aromatic nitrogens is 4. The Kier molecular flexibility index (Phi) is 8.21.